The van der Waals surface area contributed by atoms with E-state index in [1.165, 1.54) is 27.5 Å². The van der Waals surface area contributed by atoms with Crippen LogP contribution in [0.4, 0.5) is 5.69 Å². The number of fused-ring (bicyclic) bond motifs is 3. The highest BCUT2D eigenvalue weighted by Crippen LogP contribution is 2.34. The number of hydrogen-bond donors (Lipinski definition) is 1. The third-order valence-corrected chi connectivity index (χ3v) is 3.98. The summed E-state index contributed by atoms with van der Waals surface area (Å²) in [4.78, 5) is 0. The zero-order chi connectivity index (χ0) is 13.5. The third-order valence-electron chi connectivity index (χ3n) is 3.98. The molecule has 0 spiro atoms. The van der Waals surface area contributed by atoms with Crippen LogP contribution in [0.3, 0.4) is 0 Å². The Morgan fingerprint density at radius 1 is 0.950 bits per heavy atom. The molecule has 4 rings (SSSR count). The maximum Gasteiger partial charge on any atom is 0.0539 e. The van der Waals surface area contributed by atoms with Crippen LogP contribution in [0.2, 0.25) is 0 Å². The fourth-order valence-corrected chi connectivity index (χ4v) is 3.08. The number of rotatable bonds is 1. The second kappa shape index (κ2) is 4.27. The van der Waals surface area contributed by atoms with E-state index in [-0.39, 0.29) is 0 Å². The van der Waals surface area contributed by atoms with Crippen molar-refractivity contribution >= 4 is 33.2 Å². The van der Waals surface area contributed by atoms with E-state index in [9.17, 15) is 0 Å². The van der Waals surface area contributed by atoms with Crippen molar-refractivity contribution in [1.82, 2.24) is 4.57 Å². The molecular formula is C18H16N2. The van der Waals surface area contributed by atoms with Crippen LogP contribution >= 0.6 is 0 Å². The van der Waals surface area contributed by atoms with Crippen molar-refractivity contribution < 1.29 is 0 Å². The first kappa shape index (κ1) is 11.4. The van der Waals surface area contributed by atoms with Crippen molar-refractivity contribution in [3.8, 4) is 0 Å². The van der Waals surface area contributed by atoms with Gasteiger partial charge in [-0.25, -0.2) is 0 Å². The molecule has 2 heteroatoms. The summed E-state index contributed by atoms with van der Waals surface area (Å²) in [6.45, 7) is 0. The van der Waals surface area contributed by atoms with Crippen LogP contribution in [0.1, 0.15) is 12.8 Å². The standard InChI is InChI=1S/C18H16N2/c19-13-10-11-18-16(12-13)15-8-4-5-9-17(15)20(18)14-6-2-1-3-7-14/h1-2,4-6,8-12H,3,7,19H2. The summed E-state index contributed by atoms with van der Waals surface area (Å²) in [5, 5.41) is 2.50. The highest BCUT2D eigenvalue weighted by atomic mass is 15.0. The van der Waals surface area contributed by atoms with E-state index < -0.39 is 0 Å². The van der Waals surface area contributed by atoms with E-state index in [0.717, 1.165) is 18.5 Å². The Hall–Kier alpha value is -2.48. The summed E-state index contributed by atoms with van der Waals surface area (Å²) in [5.41, 5.74) is 10.6. The summed E-state index contributed by atoms with van der Waals surface area (Å²) < 4.78 is 2.37. The van der Waals surface area contributed by atoms with E-state index in [1.54, 1.807) is 0 Å². The van der Waals surface area contributed by atoms with E-state index >= 15 is 0 Å². The molecule has 2 N–H and O–H groups in total. The van der Waals surface area contributed by atoms with Gasteiger partial charge >= 0.3 is 0 Å². The molecule has 0 fully saturated rings. The first-order chi connectivity index (χ1) is 9.84. The van der Waals surface area contributed by atoms with Gasteiger partial charge in [-0.15, -0.1) is 0 Å². The van der Waals surface area contributed by atoms with Crippen LogP contribution in [-0.4, -0.2) is 4.57 Å². The van der Waals surface area contributed by atoms with Crippen LogP contribution in [0.5, 0.6) is 0 Å². The maximum atomic E-state index is 5.97. The van der Waals surface area contributed by atoms with Crippen molar-refractivity contribution in [3.63, 3.8) is 0 Å². The Labute approximate surface area is 117 Å². The van der Waals surface area contributed by atoms with E-state index in [1.807, 2.05) is 6.07 Å². The lowest BCUT2D eigenvalue weighted by molar-refractivity contribution is 0.979. The Morgan fingerprint density at radius 3 is 2.65 bits per heavy atom. The lowest BCUT2D eigenvalue weighted by atomic mass is 10.1. The van der Waals surface area contributed by atoms with Gasteiger partial charge in [-0.3, -0.25) is 0 Å². The van der Waals surface area contributed by atoms with Gasteiger partial charge < -0.3 is 10.3 Å². The zero-order valence-electron chi connectivity index (χ0n) is 11.2. The first-order valence-corrected chi connectivity index (χ1v) is 6.99. The van der Waals surface area contributed by atoms with Crippen LogP contribution in [0.25, 0.3) is 27.5 Å². The maximum absolute atomic E-state index is 5.97. The summed E-state index contributed by atoms with van der Waals surface area (Å²) in [5.74, 6) is 0. The summed E-state index contributed by atoms with van der Waals surface area (Å²) in [6.07, 6.45) is 8.77. The van der Waals surface area contributed by atoms with E-state index in [4.69, 9.17) is 5.73 Å². The van der Waals surface area contributed by atoms with Crippen molar-refractivity contribution in [2.45, 2.75) is 12.8 Å². The minimum atomic E-state index is 0.818. The van der Waals surface area contributed by atoms with Gasteiger partial charge in [-0.1, -0.05) is 30.4 Å². The van der Waals surface area contributed by atoms with Crippen LogP contribution in [0, 0.1) is 0 Å². The Balaban J connectivity index is 2.16. The van der Waals surface area contributed by atoms with Gasteiger partial charge in [0.05, 0.1) is 11.0 Å². The quantitative estimate of drug-likeness (QED) is 0.638. The second-order valence-corrected chi connectivity index (χ2v) is 5.25. The van der Waals surface area contributed by atoms with Gasteiger partial charge in [-0.2, -0.15) is 0 Å². The van der Waals surface area contributed by atoms with Crippen molar-refractivity contribution in [2.75, 3.05) is 5.73 Å². The molecule has 2 aromatic carbocycles. The van der Waals surface area contributed by atoms with Gasteiger partial charge in [0, 0.05) is 22.2 Å². The SMILES string of the molecule is Nc1ccc2c(c1)c1ccccc1n2C1=CC=CCC1. The molecule has 1 aliphatic carbocycles. The number of allylic oxidation sites excluding steroid dienone is 4. The fraction of sp³-hybridized carbons (Fsp3) is 0.111. The normalized spacial score (nSPS) is 14.9. The molecule has 0 unspecified atom stereocenters. The number of nitrogens with two attached hydrogens (primary N) is 1. The Kier molecular flexibility index (Phi) is 2.43. The zero-order valence-corrected chi connectivity index (χ0v) is 11.2. The summed E-state index contributed by atoms with van der Waals surface area (Å²) in [7, 11) is 0. The van der Waals surface area contributed by atoms with Crippen molar-refractivity contribution in [3.05, 3.63) is 60.7 Å². The molecule has 1 heterocycles. The van der Waals surface area contributed by atoms with Gasteiger partial charge in [0.25, 0.3) is 0 Å². The topological polar surface area (TPSA) is 30.9 Å². The highest BCUT2D eigenvalue weighted by molar-refractivity contribution is 6.10. The minimum absolute atomic E-state index is 0.818. The molecule has 1 aliphatic rings. The molecule has 0 atom stereocenters. The smallest absolute Gasteiger partial charge is 0.0539 e. The lowest BCUT2D eigenvalue weighted by Crippen LogP contribution is -1.98. The van der Waals surface area contributed by atoms with Gasteiger partial charge in [0.2, 0.25) is 0 Å². The average molecular weight is 260 g/mol. The molecule has 0 aliphatic heterocycles. The second-order valence-electron chi connectivity index (χ2n) is 5.25. The number of nitrogens with zero attached hydrogens (tertiary/aromatic N) is 1. The van der Waals surface area contributed by atoms with Crippen molar-refractivity contribution in [1.29, 1.82) is 0 Å². The molecule has 2 nitrogen and oxygen atoms in total. The minimum Gasteiger partial charge on any atom is -0.399 e. The summed E-state index contributed by atoms with van der Waals surface area (Å²) >= 11 is 0. The molecule has 20 heavy (non-hydrogen) atoms. The lowest BCUT2D eigenvalue weighted by Gasteiger charge is -2.13. The van der Waals surface area contributed by atoms with Crippen LogP contribution in [0.15, 0.2) is 60.7 Å². The van der Waals surface area contributed by atoms with E-state index in [2.05, 4.69) is 59.2 Å². The number of hydrogen-bond acceptors (Lipinski definition) is 1. The number of benzene rings is 2. The van der Waals surface area contributed by atoms with Crippen LogP contribution < -0.4 is 5.73 Å². The molecule has 0 bridgehead atoms. The van der Waals surface area contributed by atoms with Crippen LogP contribution in [-0.2, 0) is 0 Å². The van der Waals surface area contributed by atoms with Gasteiger partial charge in [0.1, 0.15) is 0 Å². The Morgan fingerprint density at radius 2 is 1.80 bits per heavy atom. The number of anilines is 1. The molecule has 1 aromatic heterocycles. The third kappa shape index (κ3) is 1.58. The predicted octanol–water partition coefficient (Wildman–Crippen LogP) is 4.57. The monoisotopic (exact) mass is 260 g/mol. The summed E-state index contributed by atoms with van der Waals surface area (Å²) in [6, 6.07) is 14.7. The molecule has 0 radical (unpaired) electrons. The average Bonchev–Trinajstić information content (AvgIpc) is 2.82. The number of para-hydroxylation sites is 1. The highest BCUT2D eigenvalue weighted by Gasteiger charge is 2.13. The van der Waals surface area contributed by atoms with E-state index in [0.29, 0.717) is 0 Å². The largest absolute Gasteiger partial charge is 0.399 e. The molecule has 0 saturated heterocycles. The number of aromatic nitrogens is 1. The Bertz CT molecular complexity index is 866. The van der Waals surface area contributed by atoms with Crippen molar-refractivity contribution in [2.24, 2.45) is 0 Å². The fourth-order valence-electron chi connectivity index (χ4n) is 3.08. The molecular weight excluding hydrogens is 244 g/mol. The first-order valence-electron chi connectivity index (χ1n) is 6.99. The molecule has 3 aromatic rings. The molecule has 0 saturated carbocycles. The predicted molar refractivity (Wildman–Crippen MR) is 86.5 cm³/mol. The molecule has 0 amide bonds. The van der Waals surface area contributed by atoms with Gasteiger partial charge in [0.15, 0.2) is 0 Å². The number of nitrogen functional groups attached to an aromatic ring is 1. The van der Waals surface area contributed by atoms with Gasteiger partial charge in [-0.05, 0) is 43.2 Å². The molecule has 98 valence electrons.